The van der Waals surface area contributed by atoms with Crippen LogP contribution in [-0.4, -0.2) is 33.3 Å². The van der Waals surface area contributed by atoms with Crippen molar-refractivity contribution in [1.82, 2.24) is 20.1 Å². The van der Waals surface area contributed by atoms with E-state index in [1.807, 2.05) is 7.05 Å². The van der Waals surface area contributed by atoms with Crippen LogP contribution in [0.15, 0.2) is 16.8 Å². The molecule has 1 unspecified atom stereocenters. The van der Waals surface area contributed by atoms with E-state index in [9.17, 15) is 4.79 Å². The largest absolute Gasteiger partial charge is 0.440 e. The van der Waals surface area contributed by atoms with Gasteiger partial charge in [-0.1, -0.05) is 0 Å². The number of carbonyl (C=O) groups is 1. The maximum Gasteiger partial charge on any atom is 0.273 e. The van der Waals surface area contributed by atoms with E-state index in [0.29, 0.717) is 29.8 Å². The third-order valence-electron chi connectivity index (χ3n) is 3.72. The predicted molar refractivity (Wildman–Crippen MR) is 76.5 cm³/mol. The average molecular weight is 289 g/mol. The Bertz CT molecular complexity index is 656. The minimum absolute atomic E-state index is 0.0236. The summed E-state index contributed by atoms with van der Waals surface area (Å²) in [6, 6.07) is 0.0236. The van der Waals surface area contributed by atoms with E-state index in [1.165, 1.54) is 0 Å². The predicted octanol–water partition coefficient (Wildman–Crippen LogP) is 0.851. The maximum absolute atomic E-state index is 12.3. The summed E-state index contributed by atoms with van der Waals surface area (Å²) in [6.45, 7) is 2.18. The van der Waals surface area contributed by atoms with Crippen LogP contribution in [0.25, 0.3) is 11.5 Å². The Morgan fingerprint density at radius 3 is 2.95 bits per heavy atom. The fourth-order valence-electron chi connectivity index (χ4n) is 2.37. The highest BCUT2D eigenvalue weighted by molar-refractivity contribution is 5.93. The molecule has 1 fully saturated rings. The first kappa shape index (κ1) is 13.8. The molecule has 112 valence electrons. The van der Waals surface area contributed by atoms with Gasteiger partial charge in [0.2, 0.25) is 5.89 Å². The number of hydrogen-bond donors (Lipinski definition) is 2. The molecule has 0 radical (unpaired) electrons. The molecule has 0 aliphatic heterocycles. The summed E-state index contributed by atoms with van der Waals surface area (Å²) in [6.07, 6.45) is 5.70. The molecule has 21 heavy (non-hydrogen) atoms. The molecule has 1 aliphatic rings. The van der Waals surface area contributed by atoms with Crippen LogP contribution >= 0.6 is 0 Å². The molecule has 2 aromatic heterocycles. The molecule has 1 saturated carbocycles. The van der Waals surface area contributed by atoms with Crippen molar-refractivity contribution in [1.29, 1.82) is 0 Å². The lowest BCUT2D eigenvalue weighted by atomic mass is 10.2. The van der Waals surface area contributed by atoms with Crippen molar-refractivity contribution in [3.8, 4) is 11.5 Å². The van der Waals surface area contributed by atoms with Crippen LogP contribution in [0.4, 0.5) is 0 Å². The van der Waals surface area contributed by atoms with Crippen molar-refractivity contribution in [2.75, 3.05) is 6.54 Å². The number of nitrogens with one attached hydrogen (secondary N) is 1. The molecule has 0 saturated heterocycles. The second-order valence-electron chi connectivity index (χ2n) is 5.48. The molecule has 0 spiro atoms. The summed E-state index contributed by atoms with van der Waals surface area (Å²) in [5, 5.41) is 7.02. The zero-order valence-electron chi connectivity index (χ0n) is 12.2. The Hall–Kier alpha value is -2.15. The first-order valence-electron chi connectivity index (χ1n) is 7.06. The number of amides is 1. The number of nitrogens with zero attached hydrogens (tertiary/aromatic N) is 3. The van der Waals surface area contributed by atoms with Crippen LogP contribution in [0.1, 0.15) is 29.1 Å². The molecular weight excluding hydrogens is 270 g/mol. The Labute approximate surface area is 122 Å². The van der Waals surface area contributed by atoms with E-state index >= 15 is 0 Å². The number of nitrogens with two attached hydrogens (primary N) is 1. The van der Waals surface area contributed by atoms with Gasteiger partial charge in [-0.15, -0.1) is 0 Å². The summed E-state index contributed by atoms with van der Waals surface area (Å²) in [4.78, 5) is 16.6. The molecule has 7 nitrogen and oxygen atoms in total. The molecular formula is C14H19N5O2. The summed E-state index contributed by atoms with van der Waals surface area (Å²) in [5.74, 6) is 1.18. The van der Waals surface area contributed by atoms with Crippen LogP contribution in [0.2, 0.25) is 0 Å². The van der Waals surface area contributed by atoms with Crippen LogP contribution < -0.4 is 11.1 Å². The smallest absolute Gasteiger partial charge is 0.273 e. The highest BCUT2D eigenvalue weighted by Gasteiger charge is 2.32. The lowest BCUT2D eigenvalue weighted by Crippen LogP contribution is -2.42. The zero-order valence-corrected chi connectivity index (χ0v) is 12.2. The van der Waals surface area contributed by atoms with Gasteiger partial charge in [0.15, 0.2) is 5.69 Å². The zero-order chi connectivity index (χ0) is 15.0. The third kappa shape index (κ3) is 2.82. The van der Waals surface area contributed by atoms with Crippen molar-refractivity contribution >= 4 is 5.91 Å². The van der Waals surface area contributed by atoms with Gasteiger partial charge in [0.25, 0.3) is 5.91 Å². The second-order valence-corrected chi connectivity index (χ2v) is 5.48. The van der Waals surface area contributed by atoms with E-state index < -0.39 is 0 Å². The van der Waals surface area contributed by atoms with Gasteiger partial charge in [-0.2, -0.15) is 5.10 Å². The first-order valence-corrected chi connectivity index (χ1v) is 7.06. The highest BCUT2D eigenvalue weighted by Crippen LogP contribution is 2.32. The van der Waals surface area contributed by atoms with Gasteiger partial charge in [-0.3, -0.25) is 9.48 Å². The van der Waals surface area contributed by atoms with Crippen LogP contribution in [0, 0.1) is 12.8 Å². The minimum atomic E-state index is -0.228. The van der Waals surface area contributed by atoms with E-state index in [1.54, 1.807) is 24.0 Å². The summed E-state index contributed by atoms with van der Waals surface area (Å²) < 4.78 is 7.23. The molecule has 3 N–H and O–H groups in total. The average Bonchev–Trinajstić information content (AvgIpc) is 3.09. The molecule has 0 bridgehead atoms. The van der Waals surface area contributed by atoms with E-state index in [0.717, 1.165) is 18.4 Å². The number of hydrogen-bond acceptors (Lipinski definition) is 5. The number of carbonyl (C=O) groups excluding carboxylic acids is 1. The molecule has 0 aromatic carbocycles. The van der Waals surface area contributed by atoms with Gasteiger partial charge in [0.1, 0.15) is 5.76 Å². The molecule has 1 aliphatic carbocycles. The van der Waals surface area contributed by atoms with Crippen molar-refractivity contribution in [3.63, 3.8) is 0 Å². The molecule has 7 heteroatoms. The fraction of sp³-hybridized carbons (Fsp3) is 0.500. The monoisotopic (exact) mass is 289 g/mol. The van der Waals surface area contributed by atoms with E-state index in [4.69, 9.17) is 10.2 Å². The van der Waals surface area contributed by atoms with Crippen LogP contribution in [-0.2, 0) is 7.05 Å². The third-order valence-corrected chi connectivity index (χ3v) is 3.72. The van der Waals surface area contributed by atoms with Gasteiger partial charge >= 0.3 is 0 Å². The topological polar surface area (TPSA) is 99.0 Å². The van der Waals surface area contributed by atoms with Gasteiger partial charge in [-0.05, 0) is 25.7 Å². The van der Waals surface area contributed by atoms with Crippen LogP contribution in [0.5, 0.6) is 0 Å². The summed E-state index contributed by atoms with van der Waals surface area (Å²) in [5.41, 5.74) is 6.77. The van der Waals surface area contributed by atoms with Crippen molar-refractivity contribution in [2.45, 2.75) is 25.8 Å². The summed E-state index contributed by atoms with van der Waals surface area (Å²) >= 11 is 0. The molecule has 1 amide bonds. The van der Waals surface area contributed by atoms with Crippen molar-refractivity contribution in [3.05, 3.63) is 23.8 Å². The molecule has 2 heterocycles. The highest BCUT2D eigenvalue weighted by atomic mass is 16.4. The number of aromatic nitrogens is 3. The van der Waals surface area contributed by atoms with Gasteiger partial charge < -0.3 is 15.5 Å². The van der Waals surface area contributed by atoms with Crippen molar-refractivity contribution < 1.29 is 9.21 Å². The minimum Gasteiger partial charge on any atom is -0.440 e. The van der Waals surface area contributed by atoms with E-state index in [-0.39, 0.29) is 11.9 Å². The molecule has 3 rings (SSSR count). The number of rotatable bonds is 5. The van der Waals surface area contributed by atoms with E-state index in [2.05, 4.69) is 15.4 Å². The fourth-order valence-corrected chi connectivity index (χ4v) is 2.37. The van der Waals surface area contributed by atoms with Crippen LogP contribution in [0.3, 0.4) is 0 Å². The van der Waals surface area contributed by atoms with Gasteiger partial charge in [0, 0.05) is 25.8 Å². The Kier molecular flexibility index (Phi) is 3.50. The standard InChI is InChI=1S/C14H19N5O2/c1-8-12(13(20)17-11(5-15)9-3-4-9)18-14(21-8)10-6-16-19(2)7-10/h6-7,9,11H,3-5,15H2,1-2H3,(H,17,20). The quantitative estimate of drug-likeness (QED) is 0.850. The SMILES string of the molecule is Cc1oc(-c2cnn(C)c2)nc1C(=O)NC(CN)C1CC1. The first-order chi connectivity index (χ1) is 10.1. The second kappa shape index (κ2) is 5.33. The van der Waals surface area contributed by atoms with Gasteiger partial charge in [-0.25, -0.2) is 4.98 Å². The number of aryl methyl sites for hydroxylation is 2. The lowest BCUT2D eigenvalue weighted by Gasteiger charge is -2.14. The lowest BCUT2D eigenvalue weighted by molar-refractivity contribution is 0.0927. The number of oxazole rings is 1. The maximum atomic E-state index is 12.3. The molecule has 1 atom stereocenters. The Morgan fingerprint density at radius 1 is 1.62 bits per heavy atom. The Morgan fingerprint density at radius 2 is 2.38 bits per heavy atom. The normalized spacial score (nSPS) is 16.0. The van der Waals surface area contributed by atoms with Crippen molar-refractivity contribution in [2.24, 2.45) is 18.7 Å². The Balaban J connectivity index is 1.78. The summed E-state index contributed by atoms with van der Waals surface area (Å²) in [7, 11) is 1.81. The molecule has 2 aromatic rings. The van der Waals surface area contributed by atoms with Gasteiger partial charge in [0.05, 0.1) is 11.8 Å².